The van der Waals surface area contributed by atoms with Crippen LogP contribution in [0.5, 0.6) is 0 Å². The topological polar surface area (TPSA) is 78.9 Å². The molecular weight excluding hydrogens is 274 g/mol. The second kappa shape index (κ2) is 6.04. The van der Waals surface area contributed by atoms with Crippen molar-refractivity contribution in [3.63, 3.8) is 0 Å². The van der Waals surface area contributed by atoms with Crippen LogP contribution >= 0.6 is 11.3 Å². The van der Waals surface area contributed by atoms with Gasteiger partial charge in [-0.1, -0.05) is 0 Å². The highest BCUT2D eigenvalue weighted by Crippen LogP contribution is 2.29. The Morgan fingerprint density at radius 1 is 1.45 bits per heavy atom. The number of carbonyl (C=O) groups excluding carboxylic acids is 1. The van der Waals surface area contributed by atoms with Crippen molar-refractivity contribution in [3.05, 3.63) is 10.9 Å². The van der Waals surface area contributed by atoms with E-state index in [1.165, 1.54) is 0 Å². The van der Waals surface area contributed by atoms with Crippen LogP contribution in [-0.2, 0) is 4.79 Å². The van der Waals surface area contributed by atoms with Gasteiger partial charge in [0.05, 0.1) is 5.39 Å². The standard InChI is InChI=1S/C13H19N5OS/c1-5-15-11(19)8(3)16-10-9-6-7(2)20-12(9)18-13(14-4)17-10/h6,8H,5H2,1-4H3,(H,15,19)(H2,14,16,17,18). The number of likely N-dealkylation sites (N-methyl/N-ethyl adjacent to an activating group) is 1. The van der Waals surface area contributed by atoms with Crippen molar-refractivity contribution in [3.8, 4) is 0 Å². The van der Waals surface area contributed by atoms with Gasteiger partial charge in [-0.15, -0.1) is 11.3 Å². The molecule has 2 heterocycles. The highest BCUT2D eigenvalue weighted by atomic mass is 32.1. The van der Waals surface area contributed by atoms with Gasteiger partial charge in [-0.2, -0.15) is 4.98 Å². The van der Waals surface area contributed by atoms with Crippen LogP contribution in [-0.4, -0.2) is 35.5 Å². The molecule has 0 saturated heterocycles. The van der Waals surface area contributed by atoms with Crippen LogP contribution in [0.2, 0.25) is 0 Å². The third-order valence-corrected chi connectivity index (χ3v) is 3.78. The minimum Gasteiger partial charge on any atom is -0.358 e. The summed E-state index contributed by atoms with van der Waals surface area (Å²) in [6.07, 6.45) is 0. The van der Waals surface area contributed by atoms with E-state index in [2.05, 4.69) is 25.9 Å². The van der Waals surface area contributed by atoms with Gasteiger partial charge in [0, 0.05) is 18.5 Å². The van der Waals surface area contributed by atoms with Crippen molar-refractivity contribution in [2.75, 3.05) is 24.2 Å². The number of hydrogen-bond acceptors (Lipinski definition) is 6. The van der Waals surface area contributed by atoms with Gasteiger partial charge < -0.3 is 16.0 Å². The molecule has 2 aromatic heterocycles. The Hall–Kier alpha value is -1.89. The first kappa shape index (κ1) is 14.5. The van der Waals surface area contributed by atoms with E-state index >= 15 is 0 Å². The second-order valence-corrected chi connectivity index (χ2v) is 5.72. The third-order valence-electron chi connectivity index (χ3n) is 2.84. The lowest BCUT2D eigenvalue weighted by molar-refractivity contribution is -0.121. The van der Waals surface area contributed by atoms with Crippen molar-refractivity contribution in [1.82, 2.24) is 15.3 Å². The Balaban J connectivity index is 2.34. The number of aromatic nitrogens is 2. The first-order chi connectivity index (χ1) is 9.55. The molecule has 0 spiro atoms. The van der Waals surface area contributed by atoms with Gasteiger partial charge in [0.25, 0.3) is 0 Å². The average molecular weight is 293 g/mol. The molecule has 1 unspecified atom stereocenters. The molecule has 3 N–H and O–H groups in total. The summed E-state index contributed by atoms with van der Waals surface area (Å²) in [6.45, 7) is 6.36. The predicted octanol–water partition coefficient (Wildman–Crippen LogP) is 1.98. The minimum atomic E-state index is -0.349. The van der Waals surface area contributed by atoms with Crippen LogP contribution in [0, 0.1) is 6.92 Å². The number of nitrogens with one attached hydrogen (secondary N) is 3. The molecular formula is C13H19N5OS. The van der Waals surface area contributed by atoms with E-state index in [1.807, 2.05) is 26.8 Å². The molecule has 2 aromatic rings. The number of anilines is 2. The number of fused-ring (bicyclic) bond motifs is 1. The summed E-state index contributed by atoms with van der Waals surface area (Å²) in [7, 11) is 1.78. The van der Waals surface area contributed by atoms with E-state index in [9.17, 15) is 4.79 Å². The molecule has 0 bridgehead atoms. The lowest BCUT2D eigenvalue weighted by Gasteiger charge is -2.15. The minimum absolute atomic E-state index is 0.0442. The fraction of sp³-hybridized carbons (Fsp3) is 0.462. The molecule has 6 nitrogen and oxygen atoms in total. The largest absolute Gasteiger partial charge is 0.358 e. The number of thiophene rings is 1. The summed E-state index contributed by atoms with van der Waals surface area (Å²) in [6, 6.07) is 1.68. The number of amides is 1. The fourth-order valence-electron chi connectivity index (χ4n) is 1.86. The molecule has 0 aliphatic carbocycles. The van der Waals surface area contributed by atoms with Crippen LogP contribution in [0.15, 0.2) is 6.07 Å². The fourth-order valence-corrected chi connectivity index (χ4v) is 2.74. The van der Waals surface area contributed by atoms with E-state index in [0.29, 0.717) is 18.3 Å². The molecule has 0 fully saturated rings. The summed E-state index contributed by atoms with van der Waals surface area (Å²) in [5.41, 5.74) is 0. The zero-order valence-corrected chi connectivity index (χ0v) is 12.9. The van der Waals surface area contributed by atoms with Crippen molar-refractivity contribution in [2.24, 2.45) is 0 Å². The molecule has 108 valence electrons. The maximum absolute atomic E-state index is 11.8. The van der Waals surface area contributed by atoms with Gasteiger partial charge in [0.15, 0.2) is 0 Å². The molecule has 1 atom stereocenters. The lowest BCUT2D eigenvalue weighted by Crippen LogP contribution is -2.37. The van der Waals surface area contributed by atoms with Crippen LogP contribution in [0.4, 0.5) is 11.8 Å². The number of hydrogen-bond donors (Lipinski definition) is 3. The van der Waals surface area contributed by atoms with Crippen molar-refractivity contribution in [2.45, 2.75) is 26.8 Å². The lowest BCUT2D eigenvalue weighted by atomic mass is 10.3. The van der Waals surface area contributed by atoms with Gasteiger partial charge >= 0.3 is 0 Å². The summed E-state index contributed by atoms with van der Waals surface area (Å²) < 4.78 is 0. The Kier molecular flexibility index (Phi) is 4.39. The highest BCUT2D eigenvalue weighted by molar-refractivity contribution is 7.18. The summed E-state index contributed by atoms with van der Waals surface area (Å²) in [5, 5.41) is 9.84. The molecule has 0 aliphatic rings. The van der Waals surface area contributed by atoms with E-state index < -0.39 is 0 Å². The Morgan fingerprint density at radius 3 is 2.85 bits per heavy atom. The van der Waals surface area contributed by atoms with Gasteiger partial charge in [-0.3, -0.25) is 4.79 Å². The zero-order chi connectivity index (χ0) is 14.7. The molecule has 0 aromatic carbocycles. The zero-order valence-electron chi connectivity index (χ0n) is 12.1. The first-order valence-electron chi connectivity index (χ1n) is 6.55. The number of rotatable bonds is 5. The maximum Gasteiger partial charge on any atom is 0.242 e. The molecule has 2 rings (SSSR count). The Bertz CT molecular complexity index is 624. The second-order valence-electron chi connectivity index (χ2n) is 4.48. The SMILES string of the molecule is CCNC(=O)C(C)Nc1nc(NC)nc2sc(C)cc12. The third kappa shape index (κ3) is 2.98. The number of aryl methyl sites for hydroxylation is 1. The maximum atomic E-state index is 11.8. The van der Waals surface area contributed by atoms with E-state index in [0.717, 1.165) is 15.1 Å². The molecule has 1 amide bonds. The number of nitrogens with zero attached hydrogens (tertiary/aromatic N) is 2. The van der Waals surface area contributed by atoms with Crippen molar-refractivity contribution in [1.29, 1.82) is 0 Å². The van der Waals surface area contributed by atoms with Gasteiger partial charge in [-0.05, 0) is 26.8 Å². The van der Waals surface area contributed by atoms with Crippen LogP contribution in [0.25, 0.3) is 10.2 Å². The van der Waals surface area contributed by atoms with Gasteiger partial charge in [0.2, 0.25) is 11.9 Å². The van der Waals surface area contributed by atoms with Crippen LogP contribution < -0.4 is 16.0 Å². The first-order valence-corrected chi connectivity index (χ1v) is 7.37. The van der Waals surface area contributed by atoms with Crippen molar-refractivity contribution < 1.29 is 4.79 Å². The number of carbonyl (C=O) groups is 1. The Labute approximate surface area is 122 Å². The van der Waals surface area contributed by atoms with E-state index in [1.54, 1.807) is 18.4 Å². The van der Waals surface area contributed by atoms with Gasteiger partial charge in [-0.25, -0.2) is 4.98 Å². The molecule has 20 heavy (non-hydrogen) atoms. The molecule has 0 saturated carbocycles. The molecule has 0 radical (unpaired) electrons. The van der Waals surface area contributed by atoms with Crippen LogP contribution in [0.1, 0.15) is 18.7 Å². The monoisotopic (exact) mass is 293 g/mol. The van der Waals surface area contributed by atoms with E-state index in [-0.39, 0.29) is 11.9 Å². The summed E-state index contributed by atoms with van der Waals surface area (Å²) in [5.74, 6) is 1.18. The van der Waals surface area contributed by atoms with Gasteiger partial charge in [0.1, 0.15) is 16.7 Å². The molecule has 7 heteroatoms. The summed E-state index contributed by atoms with van der Waals surface area (Å²) in [4.78, 5) is 22.7. The average Bonchev–Trinajstić information content (AvgIpc) is 2.79. The smallest absolute Gasteiger partial charge is 0.242 e. The molecule has 0 aliphatic heterocycles. The van der Waals surface area contributed by atoms with Crippen LogP contribution in [0.3, 0.4) is 0 Å². The van der Waals surface area contributed by atoms with Crippen molar-refractivity contribution >= 4 is 39.2 Å². The normalized spacial score (nSPS) is 12.2. The quantitative estimate of drug-likeness (QED) is 0.785. The Morgan fingerprint density at radius 2 is 2.20 bits per heavy atom. The predicted molar refractivity (Wildman–Crippen MR) is 83.5 cm³/mol. The summed E-state index contributed by atoms with van der Waals surface area (Å²) >= 11 is 1.61. The van der Waals surface area contributed by atoms with E-state index in [4.69, 9.17) is 0 Å². The highest BCUT2D eigenvalue weighted by Gasteiger charge is 2.16.